The first-order chi connectivity index (χ1) is 20.4. The Balaban J connectivity index is 1.34. The molecule has 0 fully saturated rings. The lowest BCUT2D eigenvalue weighted by Crippen LogP contribution is -2.47. The van der Waals surface area contributed by atoms with Crippen molar-refractivity contribution < 1.29 is 9.59 Å². The highest BCUT2D eigenvalue weighted by Gasteiger charge is 2.40. The molecule has 0 saturated carbocycles. The molecule has 0 saturated heterocycles. The second kappa shape index (κ2) is 10.9. The summed E-state index contributed by atoms with van der Waals surface area (Å²) >= 11 is 16.4. The summed E-state index contributed by atoms with van der Waals surface area (Å²) in [5.41, 5.74) is 2.45. The van der Waals surface area contributed by atoms with Crippen LogP contribution in [0.15, 0.2) is 103 Å². The zero-order valence-corrected chi connectivity index (χ0v) is 25.6. The molecule has 2 atom stereocenters. The van der Waals surface area contributed by atoms with Gasteiger partial charge >= 0.3 is 0 Å². The molecular weight excluding hydrogens is 603 g/mol. The summed E-state index contributed by atoms with van der Waals surface area (Å²) in [6.45, 7) is 2.03. The minimum Gasteiger partial charge on any atom is -0.304 e. The maximum Gasteiger partial charge on any atom is 0.270 e. The fourth-order valence-corrected chi connectivity index (χ4v) is 8.78. The molecule has 2 aromatic heterocycles. The fraction of sp³-hybridized carbons (Fsp3) is 0.118. The van der Waals surface area contributed by atoms with Gasteiger partial charge in [0, 0.05) is 37.6 Å². The first-order valence-electron chi connectivity index (χ1n) is 13.6. The van der Waals surface area contributed by atoms with Crippen LogP contribution in [0.3, 0.4) is 0 Å². The predicted octanol–water partition coefficient (Wildman–Crippen LogP) is 10.2. The van der Waals surface area contributed by atoms with Crippen molar-refractivity contribution in [3.8, 4) is 0 Å². The minimum atomic E-state index is -0.325. The van der Waals surface area contributed by atoms with Gasteiger partial charge in [0.05, 0.1) is 16.1 Å². The summed E-state index contributed by atoms with van der Waals surface area (Å²) in [5.74, 6) is -0.295. The van der Waals surface area contributed by atoms with Crippen molar-refractivity contribution in [3.05, 3.63) is 128 Å². The van der Waals surface area contributed by atoms with Crippen LogP contribution in [0.1, 0.15) is 44.3 Å². The van der Waals surface area contributed by atoms with Gasteiger partial charge in [-0.1, -0.05) is 96.0 Å². The maximum absolute atomic E-state index is 14.5. The van der Waals surface area contributed by atoms with E-state index in [-0.39, 0.29) is 23.9 Å². The number of nitrogens with zero attached hydrogens (tertiary/aromatic N) is 2. The molecular formula is C34H24Cl2N2O2S2. The zero-order valence-electron chi connectivity index (χ0n) is 22.5. The molecule has 0 radical (unpaired) electrons. The molecule has 0 aliphatic carbocycles. The molecule has 4 aromatic carbocycles. The van der Waals surface area contributed by atoms with E-state index in [0.717, 1.165) is 37.1 Å². The molecule has 0 unspecified atom stereocenters. The van der Waals surface area contributed by atoms with E-state index in [0.29, 0.717) is 26.2 Å². The smallest absolute Gasteiger partial charge is 0.270 e. The summed E-state index contributed by atoms with van der Waals surface area (Å²) in [5, 5.41) is 2.70. The molecule has 1 aliphatic rings. The number of thiophene rings is 2. The van der Waals surface area contributed by atoms with Crippen LogP contribution in [-0.4, -0.2) is 17.9 Å². The predicted molar refractivity (Wildman–Crippen MR) is 177 cm³/mol. The number of amides is 2. The highest BCUT2D eigenvalue weighted by Crippen LogP contribution is 2.46. The van der Waals surface area contributed by atoms with Gasteiger partial charge in [0.2, 0.25) is 0 Å². The molecule has 6 aromatic rings. The topological polar surface area (TPSA) is 40.6 Å². The Morgan fingerprint density at radius 2 is 1.29 bits per heavy atom. The molecule has 0 N–H and O–H groups in total. The normalized spacial score (nSPS) is 16.5. The molecule has 42 heavy (non-hydrogen) atoms. The van der Waals surface area contributed by atoms with Gasteiger partial charge in [-0.25, -0.2) is 0 Å². The third-order valence-corrected chi connectivity index (χ3v) is 11.1. The third kappa shape index (κ3) is 4.41. The Morgan fingerprint density at radius 3 is 1.95 bits per heavy atom. The van der Waals surface area contributed by atoms with E-state index >= 15 is 0 Å². The largest absolute Gasteiger partial charge is 0.304 e. The van der Waals surface area contributed by atoms with E-state index in [9.17, 15) is 9.59 Å². The number of carbonyl (C=O) groups is 2. The summed E-state index contributed by atoms with van der Waals surface area (Å²) in [6, 6.07) is 32.6. The number of hydrogen-bond donors (Lipinski definition) is 0. The van der Waals surface area contributed by atoms with E-state index in [1.807, 2.05) is 120 Å². The number of benzene rings is 4. The van der Waals surface area contributed by atoms with Crippen LogP contribution in [0.5, 0.6) is 0 Å². The second-order valence-corrected chi connectivity index (χ2v) is 13.2. The summed E-state index contributed by atoms with van der Waals surface area (Å²) in [6.07, 6.45) is 0.536. The van der Waals surface area contributed by atoms with Crippen molar-refractivity contribution in [2.24, 2.45) is 0 Å². The SMILES string of the molecule is C[C@H]1C[C@H](N(C(=O)c2sc3ccccc3c2Cl)c2ccccc2)c2ccccc2N1C(=O)c1sc2ccccc2c1Cl. The molecule has 2 amide bonds. The Labute approximate surface area is 261 Å². The van der Waals surface area contributed by atoms with Crippen LogP contribution >= 0.6 is 45.9 Å². The van der Waals surface area contributed by atoms with E-state index in [1.165, 1.54) is 22.7 Å². The highest BCUT2D eigenvalue weighted by atomic mass is 35.5. The summed E-state index contributed by atoms with van der Waals surface area (Å²) in [4.78, 5) is 33.4. The van der Waals surface area contributed by atoms with Gasteiger partial charge in [-0.05, 0) is 49.2 Å². The Morgan fingerprint density at radius 1 is 0.738 bits per heavy atom. The molecule has 208 valence electrons. The fourth-order valence-electron chi connectivity index (χ4n) is 5.88. The van der Waals surface area contributed by atoms with E-state index < -0.39 is 0 Å². The Bertz CT molecular complexity index is 1980. The van der Waals surface area contributed by atoms with Crippen LogP contribution < -0.4 is 9.80 Å². The Kier molecular flexibility index (Phi) is 7.03. The van der Waals surface area contributed by atoms with Gasteiger partial charge in [-0.15, -0.1) is 22.7 Å². The van der Waals surface area contributed by atoms with Crippen LogP contribution in [0.25, 0.3) is 20.2 Å². The molecule has 7 rings (SSSR count). The quantitative estimate of drug-likeness (QED) is 0.195. The van der Waals surface area contributed by atoms with Gasteiger partial charge in [0.25, 0.3) is 11.8 Å². The van der Waals surface area contributed by atoms with Gasteiger partial charge < -0.3 is 4.90 Å². The lowest BCUT2D eigenvalue weighted by molar-refractivity contribution is 0.0970. The second-order valence-electron chi connectivity index (χ2n) is 10.3. The maximum atomic E-state index is 14.5. The lowest BCUT2D eigenvalue weighted by atomic mass is 9.89. The summed E-state index contributed by atoms with van der Waals surface area (Å²) < 4.78 is 1.94. The van der Waals surface area contributed by atoms with Crippen molar-refractivity contribution in [2.75, 3.05) is 9.80 Å². The van der Waals surface area contributed by atoms with Crippen molar-refractivity contribution in [1.82, 2.24) is 0 Å². The Hall–Kier alpha value is -3.68. The average Bonchev–Trinajstić information content (AvgIpc) is 3.54. The molecule has 0 spiro atoms. The van der Waals surface area contributed by atoms with Gasteiger partial charge in [-0.3, -0.25) is 14.5 Å². The first-order valence-corrected chi connectivity index (χ1v) is 16.0. The number of halogens is 2. The number of hydrogen-bond acceptors (Lipinski definition) is 4. The van der Waals surface area contributed by atoms with Crippen LogP contribution in [0.2, 0.25) is 10.0 Å². The van der Waals surface area contributed by atoms with Crippen LogP contribution in [0, 0.1) is 0 Å². The highest BCUT2D eigenvalue weighted by molar-refractivity contribution is 7.22. The standard InChI is InChI=1S/C34H24Cl2N2O2S2/c1-20-19-26(38(21-11-3-2-4-12-21)34(40)32-30(36)24-15-7-10-18-28(24)42-32)22-13-5-8-16-25(22)37(20)33(39)31-29(35)23-14-6-9-17-27(23)41-31/h2-18,20,26H,19H2,1H3/t20-,26-/m0/s1. The van der Waals surface area contributed by atoms with Crippen molar-refractivity contribution >= 4 is 89.2 Å². The van der Waals surface area contributed by atoms with Crippen molar-refractivity contribution in [3.63, 3.8) is 0 Å². The van der Waals surface area contributed by atoms with E-state index in [2.05, 4.69) is 0 Å². The van der Waals surface area contributed by atoms with Crippen molar-refractivity contribution in [2.45, 2.75) is 25.4 Å². The first kappa shape index (κ1) is 27.2. The molecule has 4 nitrogen and oxygen atoms in total. The minimum absolute atomic E-state index is 0.135. The average molecular weight is 628 g/mol. The molecule has 8 heteroatoms. The molecule has 3 heterocycles. The lowest BCUT2D eigenvalue weighted by Gasteiger charge is -2.43. The molecule has 1 aliphatic heterocycles. The number of carbonyl (C=O) groups excluding carboxylic acids is 2. The van der Waals surface area contributed by atoms with E-state index in [1.54, 1.807) is 0 Å². The van der Waals surface area contributed by atoms with Crippen LogP contribution in [-0.2, 0) is 0 Å². The number of rotatable bonds is 4. The number of para-hydroxylation sites is 2. The molecule has 0 bridgehead atoms. The van der Waals surface area contributed by atoms with Crippen LogP contribution in [0.4, 0.5) is 11.4 Å². The monoisotopic (exact) mass is 626 g/mol. The van der Waals surface area contributed by atoms with Gasteiger partial charge in [0.1, 0.15) is 9.75 Å². The number of fused-ring (bicyclic) bond motifs is 3. The zero-order chi connectivity index (χ0) is 29.0. The summed E-state index contributed by atoms with van der Waals surface area (Å²) in [7, 11) is 0. The van der Waals surface area contributed by atoms with Gasteiger partial charge in [0.15, 0.2) is 0 Å². The number of anilines is 2. The van der Waals surface area contributed by atoms with Crippen molar-refractivity contribution in [1.29, 1.82) is 0 Å². The van der Waals surface area contributed by atoms with Gasteiger partial charge in [-0.2, -0.15) is 0 Å². The van der Waals surface area contributed by atoms with E-state index in [4.69, 9.17) is 23.2 Å². The third-order valence-electron chi connectivity index (χ3n) is 7.80.